The van der Waals surface area contributed by atoms with Crippen molar-refractivity contribution in [3.05, 3.63) is 34.0 Å². The highest BCUT2D eigenvalue weighted by Gasteiger charge is 2.19. The lowest BCUT2D eigenvalue weighted by molar-refractivity contribution is 0.265. The monoisotopic (exact) mass is 474 g/mol. The van der Waals surface area contributed by atoms with Crippen molar-refractivity contribution in [3.63, 3.8) is 0 Å². The van der Waals surface area contributed by atoms with Gasteiger partial charge in [-0.15, -0.1) is 45.5 Å². The summed E-state index contributed by atoms with van der Waals surface area (Å²) in [6.45, 7) is 7.78. The van der Waals surface area contributed by atoms with E-state index in [-0.39, 0.29) is 24.0 Å². The number of hydrogen-bond acceptors (Lipinski definition) is 4. The first-order valence-electron chi connectivity index (χ1n) is 8.54. The van der Waals surface area contributed by atoms with E-state index in [1.165, 1.54) is 17.7 Å². The van der Waals surface area contributed by atoms with Gasteiger partial charge in [-0.05, 0) is 37.1 Å². The van der Waals surface area contributed by atoms with Crippen LogP contribution in [0.25, 0.3) is 0 Å². The van der Waals surface area contributed by atoms with Crippen LogP contribution in [-0.4, -0.2) is 38.7 Å². The molecule has 0 amide bonds. The second-order valence-corrected chi connectivity index (χ2v) is 7.52. The Bertz CT molecular complexity index is 681. The number of nitrogens with one attached hydrogen (secondary N) is 1. The van der Waals surface area contributed by atoms with Gasteiger partial charge >= 0.3 is 0 Å². The van der Waals surface area contributed by atoms with Crippen molar-refractivity contribution in [1.29, 1.82) is 0 Å². The minimum atomic E-state index is 0. The first kappa shape index (κ1) is 20.2. The quantitative estimate of drug-likeness (QED) is 0.420. The molecule has 2 aromatic rings. The molecule has 0 radical (unpaired) electrons. The lowest BCUT2D eigenvalue weighted by Crippen LogP contribution is -2.46. The third-order valence-electron chi connectivity index (χ3n) is 4.51. The molecule has 0 aliphatic carbocycles. The molecule has 1 atom stereocenters. The minimum Gasteiger partial charge on any atom is -0.351 e. The zero-order valence-electron chi connectivity index (χ0n) is 15.1. The number of guanidine groups is 1. The van der Waals surface area contributed by atoms with Gasteiger partial charge in [-0.1, -0.05) is 13.0 Å². The summed E-state index contributed by atoms with van der Waals surface area (Å²) in [4.78, 5) is 8.54. The second-order valence-electron chi connectivity index (χ2n) is 6.49. The lowest BCUT2D eigenvalue weighted by Gasteiger charge is -2.33. The van der Waals surface area contributed by atoms with Gasteiger partial charge in [-0.3, -0.25) is 0 Å². The largest absolute Gasteiger partial charge is 0.351 e. The van der Waals surface area contributed by atoms with Gasteiger partial charge in [0.05, 0.1) is 6.54 Å². The number of rotatable bonds is 4. The van der Waals surface area contributed by atoms with Crippen LogP contribution in [0.15, 0.2) is 22.5 Å². The number of aryl methyl sites for hydroxylation is 1. The van der Waals surface area contributed by atoms with Crippen LogP contribution in [0.5, 0.6) is 0 Å². The molecule has 1 aliphatic heterocycles. The van der Waals surface area contributed by atoms with Crippen LogP contribution in [0.2, 0.25) is 0 Å². The van der Waals surface area contributed by atoms with Crippen molar-refractivity contribution in [1.82, 2.24) is 25.0 Å². The fourth-order valence-corrected chi connectivity index (χ4v) is 3.61. The molecule has 2 aromatic heterocycles. The average Bonchev–Trinajstić information content (AvgIpc) is 3.20. The molecule has 1 saturated heterocycles. The van der Waals surface area contributed by atoms with Crippen LogP contribution in [-0.2, 0) is 20.1 Å². The summed E-state index contributed by atoms with van der Waals surface area (Å²) in [5.74, 6) is 3.51. The van der Waals surface area contributed by atoms with E-state index in [1.54, 1.807) is 11.3 Å². The maximum Gasteiger partial charge on any atom is 0.194 e. The molecule has 138 valence electrons. The van der Waals surface area contributed by atoms with Crippen LogP contribution in [0.3, 0.4) is 0 Å². The summed E-state index contributed by atoms with van der Waals surface area (Å²) in [6, 6.07) is 4.24. The second kappa shape index (κ2) is 9.51. The topological polar surface area (TPSA) is 58.3 Å². The summed E-state index contributed by atoms with van der Waals surface area (Å²) >= 11 is 1.77. The summed E-state index contributed by atoms with van der Waals surface area (Å²) in [5.41, 5.74) is 0. The van der Waals surface area contributed by atoms with Gasteiger partial charge < -0.3 is 14.8 Å². The van der Waals surface area contributed by atoms with E-state index in [0.29, 0.717) is 12.5 Å². The van der Waals surface area contributed by atoms with Gasteiger partial charge in [0.1, 0.15) is 12.4 Å². The standard InChI is InChI=1S/C17H26N6S.HI/c1-13-6-4-8-23(12-13)17(18-10-15-7-5-9-24-15)19-11-16-21-20-14(2)22(16)3;/h5,7,9,13H,4,6,8,10-12H2,1-3H3,(H,18,19);1H. The van der Waals surface area contributed by atoms with Crippen LogP contribution < -0.4 is 5.32 Å². The van der Waals surface area contributed by atoms with E-state index >= 15 is 0 Å². The van der Waals surface area contributed by atoms with Crippen LogP contribution >= 0.6 is 35.3 Å². The highest BCUT2D eigenvalue weighted by molar-refractivity contribution is 14.0. The lowest BCUT2D eigenvalue weighted by atomic mass is 10.0. The summed E-state index contributed by atoms with van der Waals surface area (Å²) in [6.07, 6.45) is 2.53. The van der Waals surface area contributed by atoms with Crippen LogP contribution in [0.1, 0.15) is 36.3 Å². The number of nitrogens with zero attached hydrogens (tertiary/aromatic N) is 5. The molecule has 0 bridgehead atoms. The Morgan fingerprint density at radius 3 is 2.92 bits per heavy atom. The van der Waals surface area contributed by atoms with E-state index < -0.39 is 0 Å². The van der Waals surface area contributed by atoms with Crippen molar-refractivity contribution >= 4 is 41.3 Å². The number of aromatic nitrogens is 3. The van der Waals surface area contributed by atoms with Crippen molar-refractivity contribution in [2.45, 2.75) is 39.8 Å². The molecular weight excluding hydrogens is 447 g/mol. The molecule has 0 spiro atoms. The molecule has 0 saturated carbocycles. The Labute approximate surface area is 170 Å². The van der Waals surface area contributed by atoms with E-state index in [2.05, 4.69) is 44.9 Å². The van der Waals surface area contributed by atoms with Crippen molar-refractivity contribution in [3.8, 4) is 0 Å². The third kappa shape index (κ3) is 5.40. The number of likely N-dealkylation sites (tertiary alicyclic amines) is 1. The predicted molar refractivity (Wildman–Crippen MR) is 113 cm³/mol. The first-order valence-corrected chi connectivity index (χ1v) is 9.42. The maximum absolute atomic E-state index is 4.84. The zero-order chi connectivity index (χ0) is 16.9. The summed E-state index contributed by atoms with van der Waals surface area (Å²) < 4.78 is 2.00. The molecule has 6 nitrogen and oxygen atoms in total. The molecule has 25 heavy (non-hydrogen) atoms. The zero-order valence-corrected chi connectivity index (χ0v) is 18.3. The molecule has 3 rings (SSSR count). The highest BCUT2D eigenvalue weighted by atomic mass is 127. The first-order chi connectivity index (χ1) is 11.6. The highest BCUT2D eigenvalue weighted by Crippen LogP contribution is 2.16. The van der Waals surface area contributed by atoms with Crippen molar-refractivity contribution in [2.24, 2.45) is 18.0 Å². The van der Waals surface area contributed by atoms with Crippen molar-refractivity contribution in [2.75, 3.05) is 13.1 Å². The number of halogens is 1. The molecule has 0 aromatic carbocycles. The Morgan fingerprint density at radius 2 is 2.28 bits per heavy atom. The molecule has 8 heteroatoms. The van der Waals surface area contributed by atoms with Gasteiger partial charge in [0.15, 0.2) is 11.8 Å². The Balaban J connectivity index is 0.00000225. The van der Waals surface area contributed by atoms with Crippen molar-refractivity contribution < 1.29 is 0 Å². The van der Waals surface area contributed by atoms with Gasteiger partial charge in [0.25, 0.3) is 0 Å². The van der Waals surface area contributed by atoms with Crippen LogP contribution in [0.4, 0.5) is 0 Å². The van der Waals surface area contributed by atoms with Gasteiger partial charge in [0, 0.05) is 25.0 Å². The number of hydrogen-bond donors (Lipinski definition) is 1. The molecular formula is C17H27IN6S. The van der Waals surface area contributed by atoms with E-state index in [4.69, 9.17) is 4.99 Å². The van der Waals surface area contributed by atoms with Gasteiger partial charge in [-0.25, -0.2) is 4.99 Å². The molecule has 1 unspecified atom stereocenters. The summed E-state index contributed by atoms with van der Waals surface area (Å²) in [5, 5.41) is 14.0. The van der Waals surface area contributed by atoms with E-state index in [1.807, 2.05) is 18.5 Å². The fourth-order valence-electron chi connectivity index (χ4n) is 2.96. The van der Waals surface area contributed by atoms with Crippen LogP contribution in [0, 0.1) is 12.8 Å². The predicted octanol–water partition coefficient (Wildman–Crippen LogP) is 3.18. The number of piperidine rings is 1. The smallest absolute Gasteiger partial charge is 0.194 e. The fraction of sp³-hybridized carbons (Fsp3) is 0.588. The number of thiophene rings is 1. The normalized spacial score (nSPS) is 18.1. The number of aliphatic imine (C=N–C) groups is 1. The maximum atomic E-state index is 4.84. The van der Waals surface area contributed by atoms with Gasteiger partial charge in [0.2, 0.25) is 0 Å². The van der Waals surface area contributed by atoms with E-state index in [0.717, 1.165) is 37.2 Å². The molecule has 1 N–H and O–H groups in total. The third-order valence-corrected chi connectivity index (χ3v) is 5.39. The Hall–Kier alpha value is -1.16. The Kier molecular flexibility index (Phi) is 7.67. The summed E-state index contributed by atoms with van der Waals surface area (Å²) in [7, 11) is 1.99. The van der Waals surface area contributed by atoms with E-state index in [9.17, 15) is 0 Å². The van der Waals surface area contributed by atoms with Gasteiger partial charge in [-0.2, -0.15) is 0 Å². The molecule has 3 heterocycles. The molecule has 1 fully saturated rings. The minimum absolute atomic E-state index is 0. The Morgan fingerprint density at radius 1 is 1.44 bits per heavy atom. The average molecular weight is 474 g/mol. The SMILES string of the molecule is Cc1nnc(CN=C(NCc2cccs2)N2CCCC(C)C2)n1C.I. The molecule has 1 aliphatic rings.